The molecule has 1 saturated heterocycles. The van der Waals surface area contributed by atoms with E-state index in [4.69, 9.17) is 0 Å². The van der Waals surface area contributed by atoms with Crippen LogP contribution in [0.15, 0.2) is 36.4 Å². The molecule has 1 heterocycles. The minimum absolute atomic E-state index is 0.122. The van der Waals surface area contributed by atoms with Crippen molar-refractivity contribution in [3.8, 4) is 0 Å². The Morgan fingerprint density at radius 1 is 1.17 bits per heavy atom. The maximum Gasteiger partial charge on any atom is 0.244 e. The van der Waals surface area contributed by atoms with Crippen LogP contribution in [0.4, 0.5) is 0 Å². The second kappa shape index (κ2) is 8.24. The SMILES string of the molecule is CS(=O)(=O)N1CCN(CCNC(=O)C=Cc2ccccc2)CC1. The Balaban J connectivity index is 1.66. The van der Waals surface area contributed by atoms with E-state index >= 15 is 0 Å². The van der Waals surface area contributed by atoms with Crippen molar-refractivity contribution in [2.45, 2.75) is 0 Å². The number of hydrogen-bond donors (Lipinski definition) is 1. The van der Waals surface area contributed by atoms with Crippen LogP contribution in [-0.2, 0) is 14.8 Å². The first-order valence-corrected chi connectivity index (χ1v) is 9.48. The van der Waals surface area contributed by atoms with Crippen LogP contribution in [0, 0.1) is 0 Å². The number of carbonyl (C=O) groups is 1. The van der Waals surface area contributed by atoms with E-state index in [1.807, 2.05) is 30.3 Å². The van der Waals surface area contributed by atoms with E-state index in [2.05, 4.69) is 10.2 Å². The summed E-state index contributed by atoms with van der Waals surface area (Å²) in [5, 5.41) is 2.84. The normalized spacial score (nSPS) is 17.4. The fourth-order valence-electron chi connectivity index (χ4n) is 2.42. The molecule has 126 valence electrons. The molecule has 1 aromatic rings. The molecule has 0 aliphatic carbocycles. The summed E-state index contributed by atoms with van der Waals surface area (Å²) in [6.45, 7) is 3.70. The standard InChI is InChI=1S/C16H23N3O3S/c1-23(21,22)19-13-11-18(12-14-19)10-9-17-16(20)8-7-15-5-3-2-4-6-15/h2-8H,9-14H2,1H3,(H,17,20). The van der Waals surface area contributed by atoms with Gasteiger partial charge < -0.3 is 5.32 Å². The molecule has 0 aromatic heterocycles. The predicted octanol–water partition coefficient (Wildman–Crippen LogP) is 0.393. The Morgan fingerprint density at radius 2 is 1.83 bits per heavy atom. The van der Waals surface area contributed by atoms with E-state index < -0.39 is 10.0 Å². The van der Waals surface area contributed by atoms with Crippen molar-refractivity contribution >= 4 is 22.0 Å². The monoisotopic (exact) mass is 337 g/mol. The van der Waals surface area contributed by atoms with Crippen molar-refractivity contribution in [1.82, 2.24) is 14.5 Å². The van der Waals surface area contributed by atoms with Gasteiger partial charge in [-0.25, -0.2) is 8.42 Å². The number of rotatable bonds is 6. The molecule has 1 aliphatic heterocycles. The highest BCUT2D eigenvalue weighted by Crippen LogP contribution is 2.05. The third-order valence-electron chi connectivity index (χ3n) is 3.75. The van der Waals surface area contributed by atoms with Crippen molar-refractivity contribution in [2.75, 3.05) is 45.5 Å². The van der Waals surface area contributed by atoms with Gasteiger partial charge in [-0.05, 0) is 11.6 Å². The number of sulfonamides is 1. The molecule has 7 heteroatoms. The average molecular weight is 337 g/mol. The van der Waals surface area contributed by atoms with Crippen LogP contribution < -0.4 is 5.32 Å². The summed E-state index contributed by atoms with van der Waals surface area (Å²) in [7, 11) is -3.09. The van der Waals surface area contributed by atoms with Gasteiger partial charge in [0, 0.05) is 45.3 Å². The molecule has 0 saturated carbocycles. The van der Waals surface area contributed by atoms with Crippen molar-refractivity contribution < 1.29 is 13.2 Å². The summed E-state index contributed by atoms with van der Waals surface area (Å²) in [6.07, 6.45) is 4.54. The van der Waals surface area contributed by atoms with Crippen molar-refractivity contribution in [3.63, 3.8) is 0 Å². The number of carbonyl (C=O) groups excluding carboxylic acids is 1. The summed E-state index contributed by atoms with van der Waals surface area (Å²) < 4.78 is 24.3. The van der Waals surface area contributed by atoms with Crippen molar-refractivity contribution in [1.29, 1.82) is 0 Å². The third kappa shape index (κ3) is 6.13. The molecule has 1 aliphatic rings. The molecule has 1 fully saturated rings. The fourth-order valence-corrected chi connectivity index (χ4v) is 3.24. The minimum Gasteiger partial charge on any atom is -0.351 e. The van der Waals surface area contributed by atoms with Gasteiger partial charge in [-0.15, -0.1) is 0 Å². The highest BCUT2D eigenvalue weighted by atomic mass is 32.2. The minimum atomic E-state index is -3.09. The van der Waals surface area contributed by atoms with E-state index in [-0.39, 0.29) is 5.91 Å². The summed E-state index contributed by atoms with van der Waals surface area (Å²) >= 11 is 0. The van der Waals surface area contributed by atoms with E-state index in [1.54, 1.807) is 6.08 Å². The van der Waals surface area contributed by atoms with Crippen LogP contribution in [0.1, 0.15) is 5.56 Å². The Kier molecular flexibility index (Phi) is 6.32. The van der Waals surface area contributed by atoms with Crippen LogP contribution in [0.3, 0.4) is 0 Å². The number of hydrogen-bond acceptors (Lipinski definition) is 4. The summed E-state index contributed by atoms with van der Waals surface area (Å²) in [4.78, 5) is 13.9. The first-order valence-electron chi connectivity index (χ1n) is 7.63. The number of benzene rings is 1. The Bertz CT molecular complexity index is 636. The first-order chi connectivity index (χ1) is 10.9. The lowest BCUT2D eigenvalue weighted by molar-refractivity contribution is -0.116. The van der Waals surface area contributed by atoms with Crippen LogP contribution in [-0.4, -0.2) is 69.1 Å². The third-order valence-corrected chi connectivity index (χ3v) is 5.06. The zero-order valence-electron chi connectivity index (χ0n) is 13.3. The molecule has 1 amide bonds. The largest absolute Gasteiger partial charge is 0.351 e. The molecule has 0 bridgehead atoms. The number of nitrogens with one attached hydrogen (secondary N) is 1. The topological polar surface area (TPSA) is 69.7 Å². The summed E-state index contributed by atoms with van der Waals surface area (Å²) in [6, 6.07) is 9.65. The summed E-state index contributed by atoms with van der Waals surface area (Å²) in [5.41, 5.74) is 0.986. The van der Waals surface area contributed by atoms with Gasteiger partial charge in [-0.3, -0.25) is 9.69 Å². The Labute approximate surface area is 137 Å². The van der Waals surface area contributed by atoms with Crippen molar-refractivity contribution in [3.05, 3.63) is 42.0 Å². The van der Waals surface area contributed by atoms with E-state index in [0.717, 1.165) is 12.1 Å². The predicted molar refractivity (Wildman–Crippen MR) is 91.3 cm³/mol. The quantitative estimate of drug-likeness (QED) is 0.763. The number of nitrogens with zero attached hydrogens (tertiary/aromatic N) is 2. The van der Waals surface area contributed by atoms with Crippen LogP contribution >= 0.6 is 0 Å². The van der Waals surface area contributed by atoms with Gasteiger partial charge >= 0.3 is 0 Å². The maximum atomic E-state index is 11.7. The average Bonchev–Trinajstić information content (AvgIpc) is 2.53. The van der Waals surface area contributed by atoms with Gasteiger partial charge in [0.25, 0.3) is 0 Å². The van der Waals surface area contributed by atoms with Crippen molar-refractivity contribution in [2.24, 2.45) is 0 Å². The molecule has 0 atom stereocenters. The van der Waals surface area contributed by atoms with Crippen LogP contribution in [0.2, 0.25) is 0 Å². The number of piperazine rings is 1. The molecule has 0 spiro atoms. The van der Waals surface area contributed by atoms with Gasteiger partial charge in [0.1, 0.15) is 0 Å². The van der Waals surface area contributed by atoms with Crippen LogP contribution in [0.5, 0.6) is 0 Å². The first kappa shape index (κ1) is 17.7. The molecule has 2 rings (SSSR count). The molecule has 6 nitrogen and oxygen atoms in total. The molecule has 1 aromatic carbocycles. The molecular formula is C16H23N3O3S. The molecule has 23 heavy (non-hydrogen) atoms. The zero-order chi connectivity index (χ0) is 16.7. The van der Waals surface area contributed by atoms with Gasteiger partial charge in [-0.2, -0.15) is 4.31 Å². The highest BCUT2D eigenvalue weighted by molar-refractivity contribution is 7.88. The molecular weight excluding hydrogens is 314 g/mol. The van der Waals surface area contributed by atoms with Gasteiger partial charge in [0.2, 0.25) is 15.9 Å². The van der Waals surface area contributed by atoms with E-state index in [1.165, 1.54) is 16.6 Å². The lowest BCUT2D eigenvalue weighted by Crippen LogP contribution is -2.49. The highest BCUT2D eigenvalue weighted by Gasteiger charge is 2.22. The Hall–Kier alpha value is -1.70. The van der Waals surface area contributed by atoms with Crippen LogP contribution in [0.25, 0.3) is 6.08 Å². The second-order valence-corrected chi connectivity index (χ2v) is 7.52. The molecule has 0 radical (unpaired) electrons. The maximum absolute atomic E-state index is 11.7. The van der Waals surface area contributed by atoms with E-state index in [0.29, 0.717) is 32.7 Å². The van der Waals surface area contributed by atoms with Gasteiger partial charge in [0.15, 0.2) is 0 Å². The smallest absolute Gasteiger partial charge is 0.244 e. The Morgan fingerprint density at radius 3 is 2.43 bits per heavy atom. The zero-order valence-corrected chi connectivity index (χ0v) is 14.1. The fraction of sp³-hybridized carbons (Fsp3) is 0.438. The molecule has 1 N–H and O–H groups in total. The lowest BCUT2D eigenvalue weighted by atomic mass is 10.2. The lowest BCUT2D eigenvalue weighted by Gasteiger charge is -2.33. The van der Waals surface area contributed by atoms with Gasteiger partial charge in [-0.1, -0.05) is 30.3 Å². The van der Waals surface area contributed by atoms with Gasteiger partial charge in [0.05, 0.1) is 6.26 Å². The van der Waals surface area contributed by atoms with E-state index in [9.17, 15) is 13.2 Å². The second-order valence-electron chi connectivity index (χ2n) is 5.54. The summed E-state index contributed by atoms with van der Waals surface area (Å²) in [5.74, 6) is -0.122. The molecule has 0 unspecified atom stereocenters. The number of amides is 1.